The number of unbranched alkanes of at least 4 members (excludes halogenated alkanes) is 6. The molecule has 1 heterocycles. The van der Waals surface area contributed by atoms with Gasteiger partial charge in [-0.05, 0) is 19.3 Å². The van der Waals surface area contributed by atoms with E-state index in [0.29, 0.717) is 13.2 Å². The highest BCUT2D eigenvalue weighted by atomic mass is 16.5. The van der Waals surface area contributed by atoms with Gasteiger partial charge in [-0.25, -0.2) is 0 Å². The van der Waals surface area contributed by atoms with Crippen LogP contribution in [0.25, 0.3) is 0 Å². The molecule has 19 heavy (non-hydrogen) atoms. The summed E-state index contributed by atoms with van der Waals surface area (Å²) in [5, 5.41) is 10.4. The molecule has 0 aromatic carbocycles. The van der Waals surface area contributed by atoms with Gasteiger partial charge >= 0.3 is 0 Å². The molecule has 0 radical (unpaired) electrons. The first-order valence-electron chi connectivity index (χ1n) is 8.21. The van der Waals surface area contributed by atoms with E-state index in [-0.39, 0.29) is 11.5 Å². The van der Waals surface area contributed by atoms with Gasteiger partial charge in [0, 0.05) is 18.6 Å². The van der Waals surface area contributed by atoms with E-state index >= 15 is 0 Å². The van der Waals surface area contributed by atoms with Crippen LogP contribution < -0.4 is 5.73 Å². The Morgan fingerprint density at radius 3 is 2.42 bits per heavy atom. The van der Waals surface area contributed by atoms with E-state index in [2.05, 4.69) is 6.92 Å². The van der Waals surface area contributed by atoms with E-state index in [4.69, 9.17) is 10.5 Å². The normalized spacial score (nSPS) is 25.4. The van der Waals surface area contributed by atoms with Crippen molar-refractivity contribution in [3.05, 3.63) is 0 Å². The maximum absolute atomic E-state index is 10.4. The van der Waals surface area contributed by atoms with Gasteiger partial charge in [-0.15, -0.1) is 0 Å². The van der Waals surface area contributed by atoms with Crippen molar-refractivity contribution in [3.63, 3.8) is 0 Å². The molecule has 0 aromatic rings. The van der Waals surface area contributed by atoms with Crippen LogP contribution in [-0.4, -0.2) is 31.0 Å². The third-order valence-corrected chi connectivity index (χ3v) is 4.55. The Hall–Kier alpha value is -0.120. The zero-order valence-electron chi connectivity index (χ0n) is 12.7. The molecule has 0 spiro atoms. The van der Waals surface area contributed by atoms with Crippen LogP contribution in [0.15, 0.2) is 0 Å². The van der Waals surface area contributed by atoms with E-state index in [1.54, 1.807) is 0 Å². The van der Waals surface area contributed by atoms with Crippen LogP contribution >= 0.6 is 0 Å². The lowest BCUT2D eigenvalue weighted by Crippen LogP contribution is -2.47. The van der Waals surface area contributed by atoms with Gasteiger partial charge in [-0.1, -0.05) is 51.9 Å². The predicted molar refractivity (Wildman–Crippen MR) is 80.2 cm³/mol. The van der Waals surface area contributed by atoms with E-state index in [0.717, 1.165) is 32.3 Å². The minimum absolute atomic E-state index is 0.166. The summed E-state index contributed by atoms with van der Waals surface area (Å²) in [4.78, 5) is 0. The highest BCUT2D eigenvalue weighted by molar-refractivity contribution is 4.89. The molecule has 3 nitrogen and oxygen atoms in total. The van der Waals surface area contributed by atoms with Crippen LogP contribution in [0.2, 0.25) is 0 Å². The maximum atomic E-state index is 10.4. The van der Waals surface area contributed by atoms with E-state index in [1.807, 2.05) is 0 Å². The summed E-state index contributed by atoms with van der Waals surface area (Å²) in [6, 6.07) is 0. The lowest BCUT2D eigenvalue weighted by Gasteiger charge is -2.40. The lowest BCUT2D eigenvalue weighted by atomic mass is 9.75. The summed E-state index contributed by atoms with van der Waals surface area (Å²) >= 11 is 0. The van der Waals surface area contributed by atoms with E-state index < -0.39 is 0 Å². The van der Waals surface area contributed by atoms with Crippen LogP contribution in [-0.2, 0) is 4.74 Å². The molecule has 1 aliphatic heterocycles. The van der Waals surface area contributed by atoms with Crippen LogP contribution in [0.1, 0.15) is 71.1 Å². The van der Waals surface area contributed by atoms with Crippen LogP contribution in [0.5, 0.6) is 0 Å². The average molecular weight is 271 g/mol. The Morgan fingerprint density at radius 2 is 1.84 bits per heavy atom. The Morgan fingerprint density at radius 1 is 1.16 bits per heavy atom. The number of ether oxygens (including phenoxy) is 1. The Labute approximate surface area is 118 Å². The first kappa shape index (κ1) is 16.9. The quantitative estimate of drug-likeness (QED) is 0.600. The minimum Gasteiger partial charge on any atom is -0.392 e. The first-order valence-corrected chi connectivity index (χ1v) is 8.21. The average Bonchev–Trinajstić information content (AvgIpc) is 2.46. The molecule has 3 N–H and O–H groups in total. The van der Waals surface area contributed by atoms with Crippen molar-refractivity contribution < 1.29 is 9.84 Å². The number of aliphatic hydroxyl groups is 1. The highest BCUT2D eigenvalue weighted by Crippen LogP contribution is 2.33. The minimum atomic E-state index is -0.284. The summed E-state index contributed by atoms with van der Waals surface area (Å²) in [6.07, 6.45) is 11.7. The van der Waals surface area contributed by atoms with E-state index in [1.165, 1.54) is 38.5 Å². The molecule has 0 aliphatic carbocycles. The standard InChI is InChI=1S/C16H33NO2/c1-2-3-4-5-6-7-8-10-15(18)16(13-17)11-9-12-19-14-16/h15,18H,2-14,17H2,1H3. The predicted octanol–water partition coefficient (Wildman–Crippen LogP) is 3.24. The molecule has 1 rings (SSSR count). The van der Waals surface area contributed by atoms with Crippen molar-refractivity contribution in [1.82, 2.24) is 0 Å². The molecule has 1 aliphatic rings. The van der Waals surface area contributed by atoms with Crippen LogP contribution in [0, 0.1) is 5.41 Å². The van der Waals surface area contributed by atoms with Crippen molar-refractivity contribution in [2.75, 3.05) is 19.8 Å². The second kappa shape index (κ2) is 9.73. The number of nitrogens with two attached hydrogens (primary N) is 1. The molecule has 0 amide bonds. The molecule has 0 bridgehead atoms. The Balaban J connectivity index is 2.13. The fraction of sp³-hybridized carbons (Fsp3) is 1.00. The third kappa shape index (κ3) is 5.80. The van der Waals surface area contributed by atoms with Gasteiger partial charge in [0.2, 0.25) is 0 Å². The zero-order valence-corrected chi connectivity index (χ0v) is 12.7. The summed E-state index contributed by atoms with van der Waals surface area (Å²) in [5.74, 6) is 0. The molecule has 2 atom stereocenters. The van der Waals surface area contributed by atoms with Gasteiger partial charge in [0.25, 0.3) is 0 Å². The van der Waals surface area contributed by atoms with Crippen molar-refractivity contribution in [3.8, 4) is 0 Å². The summed E-state index contributed by atoms with van der Waals surface area (Å²) < 4.78 is 5.53. The topological polar surface area (TPSA) is 55.5 Å². The maximum Gasteiger partial charge on any atom is 0.0630 e. The number of rotatable bonds is 10. The number of hydrogen-bond acceptors (Lipinski definition) is 3. The van der Waals surface area contributed by atoms with Crippen molar-refractivity contribution in [2.45, 2.75) is 77.2 Å². The van der Waals surface area contributed by atoms with Gasteiger partial charge in [0.05, 0.1) is 12.7 Å². The van der Waals surface area contributed by atoms with Gasteiger partial charge in [0.15, 0.2) is 0 Å². The van der Waals surface area contributed by atoms with Crippen molar-refractivity contribution in [2.24, 2.45) is 11.1 Å². The molecular formula is C16H33NO2. The number of aliphatic hydroxyl groups excluding tert-OH is 1. The van der Waals surface area contributed by atoms with Crippen molar-refractivity contribution in [1.29, 1.82) is 0 Å². The smallest absolute Gasteiger partial charge is 0.0630 e. The van der Waals surface area contributed by atoms with Gasteiger partial charge in [0.1, 0.15) is 0 Å². The van der Waals surface area contributed by atoms with E-state index in [9.17, 15) is 5.11 Å². The fourth-order valence-corrected chi connectivity index (χ4v) is 3.03. The molecule has 1 fully saturated rings. The molecule has 114 valence electrons. The molecule has 3 heteroatoms. The number of hydrogen-bond donors (Lipinski definition) is 2. The summed E-state index contributed by atoms with van der Waals surface area (Å²) in [5.41, 5.74) is 5.72. The fourth-order valence-electron chi connectivity index (χ4n) is 3.03. The monoisotopic (exact) mass is 271 g/mol. The van der Waals surface area contributed by atoms with Gasteiger partial charge in [-0.2, -0.15) is 0 Å². The SMILES string of the molecule is CCCCCCCCCC(O)C1(CN)CCCOC1. The van der Waals surface area contributed by atoms with Crippen LogP contribution in [0.3, 0.4) is 0 Å². The van der Waals surface area contributed by atoms with Gasteiger partial charge < -0.3 is 15.6 Å². The largest absolute Gasteiger partial charge is 0.392 e. The third-order valence-electron chi connectivity index (χ3n) is 4.55. The Bertz CT molecular complexity index is 215. The molecule has 1 saturated heterocycles. The molecular weight excluding hydrogens is 238 g/mol. The molecule has 2 unspecified atom stereocenters. The first-order chi connectivity index (χ1) is 9.25. The lowest BCUT2D eigenvalue weighted by molar-refractivity contribution is -0.0794. The summed E-state index contributed by atoms with van der Waals surface area (Å²) in [7, 11) is 0. The second-order valence-corrected chi connectivity index (χ2v) is 6.15. The zero-order chi connectivity index (χ0) is 14.0. The highest BCUT2D eigenvalue weighted by Gasteiger charge is 2.38. The van der Waals surface area contributed by atoms with Crippen LogP contribution in [0.4, 0.5) is 0 Å². The Kier molecular flexibility index (Phi) is 8.67. The summed E-state index contributed by atoms with van der Waals surface area (Å²) in [6.45, 7) is 4.26. The van der Waals surface area contributed by atoms with Gasteiger partial charge in [-0.3, -0.25) is 0 Å². The molecule has 0 saturated carbocycles. The molecule has 0 aromatic heterocycles. The second-order valence-electron chi connectivity index (χ2n) is 6.15. The van der Waals surface area contributed by atoms with Crippen molar-refractivity contribution >= 4 is 0 Å².